The molecule has 1 aromatic rings. The van der Waals surface area contributed by atoms with Crippen LogP contribution in [0.15, 0.2) is 48.0 Å². The summed E-state index contributed by atoms with van der Waals surface area (Å²) in [5.74, 6) is 0. The van der Waals surface area contributed by atoms with Crippen LogP contribution in [0.2, 0.25) is 0 Å². The molecule has 118 valence electrons. The minimum absolute atomic E-state index is 0.111. The largest absolute Gasteiger partial charge is 0.528 e. The molecule has 0 bridgehead atoms. The van der Waals surface area contributed by atoms with Crippen molar-refractivity contribution in [2.45, 2.75) is 4.90 Å². The van der Waals surface area contributed by atoms with E-state index in [0.29, 0.717) is 5.56 Å². The number of hydrogen-bond acceptors (Lipinski definition) is 5. The Kier molecular flexibility index (Phi) is 8.33. The fourth-order valence-electron chi connectivity index (χ4n) is 1.38. The van der Waals surface area contributed by atoms with E-state index in [1.807, 2.05) is 0 Å². The Hall–Kier alpha value is -1.29. The molecule has 0 aromatic heterocycles. The highest BCUT2D eigenvalue weighted by Crippen LogP contribution is 2.15. The first-order chi connectivity index (χ1) is 9.80. The first-order valence-corrected chi connectivity index (χ1v) is 9.02. The predicted molar refractivity (Wildman–Crippen MR) is 83.3 cm³/mol. The smallest absolute Gasteiger partial charge is 0.374 e. The summed E-state index contributed by atoms with van der Waals surface area (Å²) in [6.45, 7) is 6.96. The van der Waals surface area contributed by atoms with Crippen molar-refractivity contribution in [3.63, 3.8) is 0 Å². The third-order valence-electron chi connectivity index (χ3n) is 2.52. The third-order valence-corrected chi connectivity index (χ3v) is 5.66. The van der Waals surface area contributed by atoms with E-state index < -0.39 is 18.9 Å². The lowest BCUT2D eigenvalue weighted by Gasteiger charge is -2.19. The van der Waals surface area contributed by atoms with E-state index in [-0.39, 0.29) is 4.90 Å². The van der Waals surface area contributed by atoms with Crippen LogP contribution >= 0.6 is 0 Å². The van der Waals surface area contributed by atoms with Crippen LogP contribution in [0.25, 0.3) is 6.08 Å². The Morgan fingerprint density at radius 1 is 1.10 bits per heavy atom. The number of benzene rings is 1. The Morgan fingerprint density at radius 2 is 1.57 bits per heavy atom. The normalized spacial score (nSPS) is 11.2. The van der Waals surface area contributed by atoms with Crippen molar-refractivity contribution in [1.29, 1.82) is 0 Å². The molecule has 0 heterocycles. The summed E-state index contributed by atoms with van der Waals surface area (Å²) in [7, 11) is -1.92. The van der Waals surface area contributed by atoms with Crippen LogP contribution in [-0.4, -0.2) is 43.1 Å². The van der Waals surface area contributed by atoms with E-state index in [4.69, 9.17) is 17.8 Å². The quantitative estimate of drug-likeness (QED) is 0.635. The summed E-state index contributed by atoms with van der Waals surface area (Å²) < 4.78 is 45.1. The summed E-state index contributed by atoms with van der Waals surface area (Å²) in [5, 5.41) is 0. The molecule has 1 aromatic carbocycles. The predicted octanol–water partition coefficient (Wildman–Crippen LogP) is 2.17. The van der Waals surface area contributed by atoms with Gasteiger partial charge >= 0.3 is 8.80 Å². The van der Waals surface area contributed by atoms with E-state index in [2.05, 4.69) is 13.2 Å². The highest BCUT2D eigenvalue weighted by Gasteiger charge is 2.33. The maximum Gasteiger partial charge on any atom is 0.528 e. The zero-order chi connectivity index (χ0) is 16.5. The molecule has 8 heteroatoms. The zero-order valence-electron chi connectivity index (χ0n) is 12.3. The number of rotatable bonds is 6. The first kappa shape index (κ1) is 19.7. The van der Waals surface area contributed by atoms with E-state index in [1.54, 1.807) is 39.2 Å². The zero-order valence-corrected chi connectivity index (χ0v) is 14.1. The monoisotopic (exact) mass is 332 g/mol. The van der Waals surface area contributed by atoms with Gasteiger partial charge < -0.3 is 13.3 Å². The maximum atomic E-state index is 10.7. The van der Waals surface area contributed by atoms with Crippen LogP contribution in [0, 0.1) is 0 Å². The molecule has 0 amide bonds. The Labute approximate surface area is 126 Å². The lowest BCUT2D eigenvalue weighted by molar-refractivity contribution is 0.138. The highest BCUT2D eigenvalue weighted by molar-refractivity contribution is 7.85. The van der Waals surface area contributed by atoms with Crippen molar-refractivity contribution in [2.24, 2.45) is 0 Å². The molecule has 21 heavy (non-hydrogen) atoms. The van der Waals surface area contributed by atoms with Crippen LogP contribution in [0.5, 0.6) is 0 Å². The minimum Gasteiger partial charge on any atom is -0.374 e. The summed E-state index contributed by atoms with van der Waals surface area (Å²) in [4.78, 5) is -0.111. The van der Waals surface area contributed by atoms with Gasteiger partial charge in [0, 0.05) is 21.3 Å². The highest BCUT2D eigenvalue weighted by atomic mass is 32.2. The number of hydrogen-bond donors (Lipinski definition) is 1. The second kappa shape index (κ2) is 8.88. The van der Waals surface area contributed by atoms with Crippen molar-refractivity contribution in [3.05, 3.63) is 48.7 Å². The first-order valence-electron chi connectivity index (χ1n) is 5.78. The fourth-order valence-corrected chi connectivity index (χ4v) is 3.08. The SMILES string of the molecule is C=C[Si](OC)(OC)OC.C=Cc1ccccc1S(=O)(=O)O. The van der Waals surface area contributed by atoms with Crippen molar-refractivity contribution in [2.75, 3.05) is 21.3 Å². The Bertz CT molecular complexity index is 558. The fraction of sp³-hybridized carbons (Fsp3) is 0.231. The standard InChI is InChI=1S/C8H8O3S.C5H12O3Si/c1-2-7-5-3-4-6-8(7)12(9,10)11;1-5-9(6-2,7-3)8-4/h2-6H,1H2,(H,9,10,11);5H,1H2,2-4H3. The minimum atomic E-state index is -4.12. The van der Waals surface area contributed by atoms with Crippen molar-refractivity contribution < 1.29 is 26.2 Å². The van der Waals surface area contributed by atoms with Gasteiger partial charge in [-0.2, -0.15) is 8.42 Å². The summed E-state index contributed by atoms with van der Waals surface area (Å²) in [6.07, 6.45) is 1.38. The molecule has 0 spiro atoms. The average Bonchev–Trinajstić information content (AvgIpc) is 2.50. The van der Waals surface area contributed by atoms with E-state index in [9.17, 15) is 8.42 Å². The van der Waals surface area contributed by atoms with E-state index in [0.717, 1.165) is 0 Å². The summed E-state index contributed by atoms with van der Waals surface area (Å²) >= 11 is 0. The molecule has 0 saturated heterocycles. The lowest BCUT2D eigenvalue weighted by Crippen LogP contribution is -2.40. The topological polar surface area (TPSA) is 82.1 Å². The van der Waals surface area contributed by atoms with Gasteiger partial charge in [0.1, 0.15) is 4.90 Å². The molecule has 1 N–H and O–H groups in total. The maximum absolute atomic E-state index is 10.7. The molecule has 1 rings (SSSR count). The molecule has 0 atom stereocenters. The van der Waals surface area contributed by atoms with Crippen LogP contribution in [0.4, 0.5) is 0 Å². The van der Waals surface area contributed by atoms with Gasteiger partial charge in [-0.3, -0.25) is 4.55 Å². The van der Waals surface area contributed by atoms with Crippen LogP contribution in [0.3, 0.4) is 0 Å². The van der Waals surface area contributed by atoms with Crippen LogP contribution in [-0.2, 0) is 23.4 Å². The van der Waals surface area contributed by atoms with Gasteiger partial charge in [-0.05, 0) is 17.3 Å². The van der Waals surface area contributed by atoms with Crippen molar-refractivity contribution in [1.82, 2.24) is 0 Å². The summed E-state index contributed by atoms with van der Waals surface area (Å²) in [5.41, 5.74) is 1.98. The Balaban J connectivity index is 0.000000400. The third kappa shape index (κ3) is 5.92. The molecular weight excluding hydrogens is 312 g/mol. The van der Waals surface area contributed by atoms with E-state index in [1.165, 1.54) is 18.2 Å². The molecule has 0 aliphatic carbocycles. The second-order valence-electron chi connectivity index (χ2n) is 3.64. The molecular formula is C13H20O6SSi. The molecule has 0 unspecified atom stereocenters. The van der Waals surface area contributed by atoms with Crippen molar-refractivity contribution >= 4 is 25.0 Å². The van der Waals surface area contributed by atoms with Gasteiger partial charge in [0.05, 0.1) is 0 Å². The molecule has 0 aliphatic rings. The molecule has 0 saturated carbocycles. The molecule has 0 aliphatic heterocycles. The van der Waals surface area contributed by atoms with Crippen molar-refractivity contribution in [3.8, 4) is 0 Å². The second-order valence-corrected chi connectivity index (χ2v) is 7.87. The lowest BCUT2D eigenvalue weighted by atomic mass is 10.2. The van der Waals surface area contributed by atoms with Gasteiger partial charge in [0.25, 0.3) is 10.1 Å². The van der Waals surface area contributed by atoms with E-state index >= 15 is 0 Å². The molecule has 0 fully saturated rings. The van der Waals surface area contributed by atoms with Crippen LogP contribution < -0.4 is 0 Å². The molecule has 6 nitrogen and oxygen atoms in total. The summed E-state index contributed by atoms with van der Waals surface area (Å²) in [6, 6.07) is 6.10. The van der Waals surface area contributed by atoms with Gasteiger partial charge in [-0.25, -0.2) is 0 Å². The van der Waals surface area contributed by atoms with Gasteiger partial charge in [-0.1, -0.05) is 37.4 Å². The van der Waals surface area contributed by atoms with Crippen LogP contribution in [0.1, 0.15) is 5.56 Å². The van der Waals surface area contributed by atoms with Gasteiger partial charge in [0.15, 0.2) is 0 Å². The molecule has 0 radical (unpaired) electrons. The van der Waals surface area contributed by atoms with Gasteiger partial charge in [0.2, 0.25) is 0 Å². The Morgan fingerprint density at radius 3 is 1.81 bits per heavy atom. The average molecular weight is 332 g/mol. The van der Waals surface area contributed by atoms with Gasteiger partial charge in [-0.15, -0.1) is 0 Å².